The van der Waals surface area contributed by atoms with Crippen molar-refractivity contribution in [1.82, 2.24) is 10.2 Å². The number of benzene rings is 2. The van der Waals surface area contributed by atoms with Crippen LogP contribution in [0.3, 0.4) is 0 Å². The molecule has 32 heavy (non-hydrogen) atoms. The summed E-state index contributed by atoms with van der Waals surface area (Å²) < 4.78 is 16.2. The molecule has 7 nitrogen and oxygen atoms in total. The number of hydrogen-bond acceptors (Lipinski definition) is 5. The van der Waals surface area contributed by atoms with Crippen LogP contribution in [-0.4, -0.2) is 57.9 Å². The van der Waals surface area contributed by atoms with E-state index in [0.29, 0.717) is 6.04 Å². The van der Waals surface area contributed by atoms with Gasteiger partial charge in [-0.05, 0) is 81.2 Å². The highest BCUT2D eigenvalue weighted by Gasteiger charge is 2.50. The molecule has 0 radical (unpaired) electrons. The molecule has 0 bridgehead atoms. The topological polar surface area (TPSA) is 72.1 Å². The van der Waals surface area contributed by atoms with E-state index >= 15 is 0 Å². The lowest BCUT2D eigenvalue weighted by Crippen LogP contribution is -2.52. The van der Waals surface area contributed by atoms with Gasteiger partial charge in [-0.3, -0.25) is 0 Å². The number of urea groups is 1. The minimum absolute atomic E-state index is 0.0684. The Bertz CT molecular complexity index is 949. The van der Waals surface area contributed by atoms with Crippen molar-refractivity contribution in [3.8, 4) is 17.2 Å². The summed E-state index contributed by atoms with van der Waals surface area (Å²) in [6.45, 7) is 1.05. The number of hydrogen-bond donors (Lipinski definition) is 2. The number of likely N-dealkylation sites (N-methyl/N-ethyl adjacent to an activating group) is 1. The van der Waals surface area contributed by atoms with Gasteiger partial charge in [-0.15, -0.1) is 0 Å². The van der Waals surface area contributed by atoms with Crippen molar-refractivity contribution in [2.75, 3.05) is 40.2 Å². The summed E-state index contributed by atoms with van der Waals surface area (Å²) in [6.07, 6.45) is 3.98. The van der Waals surface area contributed by atoms with Gasteiger partial charge in [0, 0.05) is 23.2 Å². The van der Waals surface area contributed by atoms with Crippen molar-refractivity contribution >= 4 is 11.7 Å². The van der Waals surface area contributed by atoms with Gasteiger partial charge >= 0.3 is 6.03 Å². The third-order valence-corrected chi connectivity index (χ3v) is 7.17. The zero-order chi connectivity index (χ0) is 22.7. The predicted octanol–water partition coefficient (Wildman–Crippen LogP) is 4.03. The molecule has 3 atom stereocenters. The van der Waals surface area contributed by atoms with Gasteiger partial charge in [0.2, 0.25) is 0 Å². The Hall–Kier alpha value is -2.93. The van der Waals surface area contributed by atoms with Crippen LogP contribution in [0.5, 0.6) is 17.2 Å². The van der Waals surface area contributed by atoms with Gasteiger partial charge < -0.3 is 29.7 Å². The molecule has 2 amide bonds. The average Bonchev–Trinajstić information content (AvgIpc) is 3.16. The Balaban J connectivity index is 1.45. The molecule has 1 saturated heterocycles. The van der Waals surface area contributed by atoms with E-state index in [0.717, 1.165) is 55.2 Å². The summed E-state index contributed by atoms with van der Waals surface area (Å²) in [6, 6.07) is 14.0. The van der Waals surface area contributed by atoms with E-state index in [1.165, 1.54) is 5.56 Å². The standard InChI is InChI=1S/C25H33N3O4/c1-28-14-13-25(17-5-10-21(31-3)22(15-17)32-4)12-11-19(16-23(25)28)27-24(29)26-18-6-8-20(30-2)9-7-18/h5-10,15,19,23H,11-14,16H2,1-4H3,(H2,26,27,29)/t19-,23+,25+/m1/s1. The molecule has 0 aromatic heterocycles. The molecule has 2 aromatic carbocycles. The number of anilines is 1. The van der Waals surface area contributed by atoms with Crippen LogP contribution in [0.2, 0.25) is 0 Å². The second kappa shape index (κ2) is 9.28. The Kier molecular flexibility index (Phi) is 6.46. The van der Waals surface area contributed by atoms with Crippen molar-refractivity contribution in [3.63, 3.8) is 0 Å². The summed E-state index contributed by atoms with van der Waals surface area (Å²) >= 11 is 0. The molecule has 1 saturated carbocycles. The molecule has 172 valence electrons. The lowest BCUT2D eigenvalue weighted by molar-refractivity contribution is 0.156. The smallest absolute Gasteiger partial charge is 0.319 e. The van der Waals surface area contributed by atoms with E-state index in [-0.39, 0.29) is 17.5 Å². The molecular weight excluding hydrogens is 406 g/mol. The van der Waals surface area contributed by atoms with E-state index in [1.54, 1.807) is 21.3 Å². The number of nitrogens with zero attached hydrogens (tertiary/aromatic N) is 1. The van der Waals surface area contributed by atoms with Crippen LogP contribution < -0.4 is 24.8 Å². The number of fused-ring (bicyclic) bond motifs is 1. The van der Waals surface area contributed by atoms with Crippen molar-refractivity contribution in [3.05, 3.63) is 48.0 Å². The zero-order valence-corrected chi connectivity index (χ0v) is 19.3. The van der Waals surface area contributed by atoms with Crippen molar-refractivity contribution in [1.29, 1.82) is 0 Å². The molecule has 1 aliphatic carbocycles. The minimum atomic E-state index is -0.167. The van der Waals surface area contributed by atoms with E-state index < -0.39 is 0 Å². The fourth-order valence-corrected chi connectivity index (χ4v) is 5.42. The second-order valence-electron chi connectivity index (χ2n) is 8.77. The predicted molar refractivity (Wildman–Crippen MR) is 125 cm³/mol. The highest BCUT2D eigenvalue weighted by Crippen LogP contribution is 2.49. The van der Waals surface area contributed by atoms with Crippen LogP contribution in [-0.2, 0) is 5.41 Å². The molecule has 0 unspecified atom stereocenters. The van der Waals surface area contributed by atoms with Crippen LogP contribution >= 0.6 is 0 Å². The molecular formula is C25H33N3O4. The minimum Gasteiger partial charge on any atom is -0.497 e. The summed E-state index contributed by atoms with van der Waals surface area (Å²) in [5.41, 5.74) is 2.11. The van der Waals surface area contributed by atoms with Crippen LogP contribution in [0.15, 0.2) is 42.5 Å². The molecule has 0 spiro atoms. The summed E-state index contributed by atoms with van der Waals surface area (Å²) in [5.74, 6) is 2.28. The first-order valence-electron chi connectivity index (χ1n) is 11.1. The third kappa shape index (κ3) is 4.21. The second-order valence-corrected chi connectivity index (χ2v) is 8.77. The van der Waals surface area contributed by atoms with Gasteiger partial charge in [0.05, 0.1) is 21.3 Å². The summed E-state index contributed by atoms with van der Waals surface area (Å²) in [7, 11) is 7.16. The number of ether oxygens (including phenoxy) is 3. The highest BCUT2D eigenvalue weighted by atomic mass is 16.5. The van der Waals surface area contributed by atoms with Crippen LogP contribution in [0, 0.1) is 0 Å². The first-order valence-corrected chi connectivity index (χ1v) is 11.1. The van der Waals surface area contributed by atoms with Crippen molar-refractivity contribution < 1.29 is 19.0 Å². The van der Waals surface area contributed by atoms with Gasteiger partial charge in [0.1, 0.15) is 5.75 Å². The lowest BCUT2D eigenvalue weighted by Gasteiger charge is -2.45. The first kappa shape index (κ1) is 22.3. The number of carbonyl (C=O) groups excluding carboxylic acids is 1. The quantitative estimate of drug-likeness (QED) is 0.711. The van der Waals surface area contributed by atoms with Gasteiger partial charge in [-0.2, -0.15) is 0 Å². The largest absolute Gasteiger partial charge is 0.497 e. The van der Waals surface area contributed by atoms with E-state index in [4.69, 9.17) is 14.2 Å². The van der Waals surface area contributed by atoms with Gasteiger partial charge in [0.25, 0.3) is 0 Å². The van der Waals surface area contributed by atoms with E-state index in [1.807, 2.05) is 30.3 Å². The van der Waals surface area contributed by atoms with Gasteiger partial charge in [0.15, 0.2) is 11.5 Å². The van der Waals surface area contributed by atoms with Crippen molar-refractivity contribution in [2.24, 2.45) is 0 Å². The first-order chi connectivity index (χ1) is 15.5. The number of carbonyl (C=O) groups is 1. The molecule has 7 heteroatoms. The van der Waals surface area contributed by atoms with Gasteiger partial charge in [-0.1, -0.05) is 6.07 Å². The molecule has 2 aliphatic rings. The number of nitrogens with one attached hydrogen (secondary N) is 2. The Morgan fingerprint density at radius 3 is 2.44 bits per heavy atom. The maximum Gasteiger partial charge on any atom is 0.319 e. The summed E-state index contributed by atoms with van der Waals surface area (Å²) in [4.78, 5) is 15.1. The fourth-order valence-electron chi connectivity index (χ4n) is 5.42. The fraction of sp³-hybridized carbons (Fsp3) is 0.480. The monoisotopic (exact) mass is 439 g/mol. The maximum atomic E-state index is 12.6. The van der Waals surface area contributed by atoms with Crippen molar-refractivity contribution in [2.45, 2.75) is 43.2 Å². The lowest BCUT2D eigenvalue weighted by atomic mass is 9.65. The van der Waals surface area contributed by atoms with E-state index in [2.05, 4.69) is 34.7 Å². The molecule has 1 aliphatic heterocycles. The summed E-state index contributed by atoms with van der Waals surface area (Å²) in [5, 5.41) is 6.12. The Labute approximate surface area is 190 Å². The SMILES string of the molecule is COc1ccc(NC(=O)N[C@@H]2CC[C@@]3(c4ccc(OC)c(OC)c4)CCN(C)[C@H]3C2)cc1. The van der Waals surface area contributed by atoms with Crippen LogP contribution in [0.1, 0.15) is 31.2 Å². The Morgan fingerprint density at radius 2 is 1.75 bits per heavy atom. The Morgan fingerprint density at radius 1 is 1.00 bits per heavy atom. The maximum absolute atomic E-state index is 12.6. The molecule has 1 heterocycles. The highest BCUT2D eigenvalue weighted by molar-refractivity contribution is 5.89. The normalized spacial score (nSPS) is 25.0. The molecule has 4 rings (SSSR count). The van der Waals surface area contributed by atoms with E-state index in [9.17, 15) is 4.79 Å². The number of likely N-dealkylation sites (tertiary alicyclic amines) is 1. The zero-order valence-electron chi connectivity index (χ0n) is 19.3. The van der Waals surface area contributed by atoms with Crippen LogP contribution in [0.4, 0.5) is 10.5 Å². The number of methoxy groups -OCH3 is 3. The van der Waals surface area contributed by atoms with Crippen LogP contribution in [0.25, 0.3) is 0 Å². The number of rotatable bonds is 6. The molecule has 2 aromatic rings. The average molecular weight is 440 g/mol. The molecule has 2 N–H and O–H groups in total. The third-order valence-electron chi connectivity index (χ3n) is 7.17. The molecule has 2 fully saturated rings. The number of amides is 2. The van der Waals surface area contributed by atoms with Gasteiger partial charge in [-0.25, -0.2) is 4.79 Å².